The third-order valence-corrected chi connectivity index (χ3v) is 6.41. The predicted molar refractivity (Wildman–Crippen MR) is 116 cm³/mol. The van der Waals surface area contributed by atoms with Crippen molar-refractivity contribution in [2.45, 2.75) is 25.7 Å². The van der Waals surface area contributed by atoms with Gasteiger partial charge in [-0.15, -0.1) is 0 Å². The Labute approximate surface area is 181 Å². The van der Waals surface area contributed by atoms with E-state index >= 15 is 0 Å². The first kappa shape index (κ1) is 20.8. The van der Waals surface area contributed by atoms with Crippen molar-refractivity contribution in [1.82, 2.24) is 15.1 Å². The summed E-state index contributed by atoms with van der Waals surface area (Å²) < 4.78 is 0. The molecule has 0 atom stereocenters. The van der Waals surface area contributed by atoms with Crippen LogP contribution in [-0.4, -0.2) is 73.5 Å². The van der Waals surface area contributed by atoms with Crippen LogP contribution in [0.3, 0.4) is 0 Å². The Morgan fingerprint density at radius 3 is 2.40 bits per heavy atom. The maximum absolute atomic E-state index is 12.7. The molecule has 2 N–H and O–H groups in total. The van der Waals surface area contributed by atoms with Crippen LogP contribution in [0.2, 0.25) is 5.02 Å². The van der Waals surface area contributed by atoms with Crippen LogP contribution in [-0.2, 0) is 9.59 Å². The summed E-state index contributed by atoms with van der Waals surface area (Å²) in [5.41, 5.74) is 1.43. The molecule has 8 nitrogen and oxygen atoms in total. The molecule has 3 aliphatic rings. The number of benzene rings is 1. The molecule has 162 valence electrons. The van der Waals surface area contributed by atoms with Crippen molar-refractivity contribution in [3.63, 3.8) is 0 Å². The normalized spacial score (nSPS) is 20.3. The van der Waals surface area contributed by atoms with Crippen molar-refractivity contribution in [2.24, 2.45) is 5.92 Å². The maximum Gasteiger partial charge on any atom is 0.319 e. The second-order valence-electron chi connectivity index (χ2n) is 8.17. The molecule has 4 amide bonds. The van der Waals surface area contributed by atoms with Gasteiger partial charge in [0.15, 0.2) is 0 Å². The van der Waals surface area contributed by atoms with Gasteiger partial charge in [-0.2, -0.15) is 0 Å². The number of rotatable bonds is 3. The SMILES string of the molecule is O=C1CN(c2ccc(NC(=O)C3CCN(C(=O)N4CCCC4)CC3)cc2Cl)CCN1. The van der Waals surface area contributed by atoms with E-state index in [4.69, 9.17) is 11.6 Å². The van der Waals surface area contributed by atoms with Gasteiger partial charge in [0.1, 0.15) is 0 Å². The van der Waals surface area contributed by atoms with Gasteiger partial charge in [0.25, 0.3) is 0 Å². The summed E-state index contributed by atoms with van der Waals surface area (Å²) in [6.45, 7) is 4.49. The standard InChI is InChI=1S/C21H28ClN5O3/c22-17-13-16(3-4-18(17)27-12-7-23-19(28)14-27)24-20(29)15-5-10-26(11-6-15)21(30)25-8-1-2-9-25/h3-4,13,15H,1-2,5-12,14H2,(H,23,28)(H,24,29). The van der Waals surface area contributed by atoms with Crippen molar-refractivity contribution < 1.29 is 14.4 Å². The molecule has 3 heterocycles. The quantitative estimate of drug-likeness (QED) is 0.764. The van der Waals surface area contributed by atoms with E-state index in [9.17, 15) is 14.4 Å². The predicted octanol–water partition coefficient (Wildman–Crippen LogP) is 2.14. The van der Waals surface area contributed by atoms with Crippen molar-refractivity contribution >= 4 is 40.8 Å². The summed E-state index contributed by atoms with van der Waals surface area (Å²) in [4.78, 5) is 42.5. The highest BCUT2D eigenvalue weighted by Crippen LogP contribution is 2.30. The van der Waals surface area contributed by atoms with Gasteiger partial charge in [0, 0.05) is 50.9 Å². The fraction of sp³-hybridized carbons (Fsp3) is 0.571. The summed E-state index contributed by atoms with van der Waals surface area (Å²) in [6.07, 6.45) is 3.49. The molecule has 0 aliphatic carbocycles. The minimum Gasteiger partial charge on any atom is -0.359 e. The van der Waals surface area contributed by atoms with E-state index in [-0.39, 0.29) is 30.3 Å². The molecule has 3 fully saturated rings. The van der Waals surface area contributed by atoms with E-state index in [1.165, 1.54) is 0 Å². The zero-order valence-electron chi connectivity index (χ0n) is 17.0. The van der Waals surface area contributed by atoms with Crippen LogP contribution in [0.4, 0.5) is 16.2 Å². The molecule has 0 bridgehead atoms. The van der Waals surface area contributed by atoms with Crippen LogP contribution in [0.15, 0.2) is 18.2 Å². The number of nitrogens with zero attached hydrogens (tertiary/aromatic N) is 3. The highest BCUT2D eigenvalue weighted by molar-refractivity contribution is 6.33. The van der Waals surface area contributed by atoms with Crippen molar-refractivity contribution in [1.29, 1.82) is 0 Å². The Morgan fingerprint density at radius 1 is 1.03 bits per heavy atom. The number of piperazine rings is 1. The number of piperidine rings is 1. The molecule has 0 unspecified atom stereocenters. The number of nitrogens with one attached hydrogen (secondary N) is 2. The third kappa shape index (κ3) is 4.64. The summed E-state index contributed by atoms with van der Waals surface area (Å²) in [5.74, 6) is -0.175. The fourth-order valence-corrected chi connectivity index (χ4v) is 4.67. The second kappa shape index (κ2) is 9.12. The van der Waals surface area contributed by atoms with Crippen LogP contribution in [0.5, 0.6) is 0 Å². The molecular formula is C21H28ClN5O3. The summed E-state index contributed by atoms with van der Waals surface area (Å²) in [7, 11) is 0. The molecule has 0 radical (unpaired) electrons. The summed E-state index contributed by atoms with van der Waals surface area (Å²) >= 11 is 6.42. The average Bonchev–Trinajstić information content (AvgIpc) is 3.28. The van der Waals surface area contributed by atoms with Gasteiger partial charge in [-0.25, -0.2) is 4.79 Å². The van der Waals surface area contributed by atoms with Gasteiger partial charge >= 0.3 is 6.03 Å². The smallest absolute Gasteiger partial charge is 0.319 e. The van der Waals surface area contributed by atoms with Crippen molar-refractivity contribution in [3.8, 4) is 0 Å². The van der Waals surface area contributed by atoms with Crippen LogP contribution in [0.1, 0.15) is 25.7 Å². The number of carbonyl (C=O) groups is 3. The summed E-state index contributed by atoms with van der Waals surface area (Å²) in [5, 5.41) is 6.26. The number of hydrogen-bond donors (Lipinski definition) is 2. The zero-order chi connectivity index (χ0) is 21.1. The average molecular weight is 434 g/mol. The number of carbonyl (C=O) groups excluding carboxylic acids is 3. The molecule has 0 spiro atoms. The lowest BCUT2D eigenvalue weighted by Gasteiger charge is -2.34. The Morgan fingerprint density at radius 2 is 1.73 bits per heavy atom. The van der Waals surface area contributed by atoms with E-state index in [0.29, 0.717) is 49.7 Å². The van der Waals surface area contributed by atoms with Crippen LogP contribution in [0.25, 0.3) is 0 Å². The van der Waals surface area contributed by atoms with E-state index in [0.717, 1.165) is 31.6 Å². The number of halogens is 1. The van der Waals surface area contributed by atoms with E-state index in [1.807, 2.05) is 26.8 Å². The zero-order valence-corrected chi connectivity index (χ0v) is 17.8. The lowest BCUT2D eigenvalue weighted by Crippen LogP contribution is -2.47. The fourth-order valence-electron chi connectivity index (χ4n) is 4.37. The summed E-state index contributed by atoms with van der Waals surface area (Å²) in [6, 6.07) is 5.50. The van der Waals surface area contributed by atoms with Gasteiger partial charge in [-0.1, -0.05) is 11.6 Å². The van der Waals surface area contributed by atoms with Gasteiger partial charge in [0.05, 0.1) is 17.3 Å². The number of hydrogen-bond acceptors (Lipinski definition) is 4. The number of urea groups is 1. The topological polar surface area (TPSA) is 85.0 Å². The first-order chi connectivity index (χ1) is 14.5. The minimum absolute atomic E-state index is 0.0238. The lowest BCUT2D eigenvalue weighted by molar-refractivity contribution is -0.121. The molecule has 0 saturated carbocycles. The third-order valence-electron chi connectivity index (χ3n) is 6.11. The van der Waals surface area contributed by atoms with Gasteiger partial charge < -0.3 is 25.3 Å². The molecule has 30 heavy (non-hydrogen) atoms. The largest absolute Gasteiger partial charge is 0.359 e. The monoisotopic (exact) mass is 433 g/mol. The Kier molecular flexibility index (Phi) is 6.32. The molecule has 1 aromatic rings. The first-order valence-electron chi connectivity index (χ1n) is 10.7. The minimum atomic E-state index is -0.114. The Balaban J connectivity index is 1.30. The van der Waals surface area contributed by atoms with E-state index in [1.54, 1.807) is 6.07 Å². The highest BCUT2D eigenvalue weighted by atomic mass is 35.5. The number of amides is 4. The Hall–Kier alpha value is -2.48. The molecule has 3 saturated heterocycles. The van der Waals surface area contributed by atoms with Gasteiger partial charge in [-0.3, -0.25) is 9.59 Å². The van der Waals surface area contributed by atoms with Crippen molar-refractivity contribution in [3.05, 3.63) is 23.2 Å². The molecule has 0 aromatic heterocycles. The first-order valence-corrected chi connectivity index (χ1v) is 11.0. The van der Waals surface area contributed by atoms with E-state index < -0.39 is 0 Å². The Bertz CT molecular complexity index is 819. The lowest BCUT2D eigenvalue weighted by atomic mass is 9.96. The van der Waals surface area contributed by atoms with Crippen LogP contribution in [0, 0.1) is 5.92 Å². The van der Waals surface area contributed by atoms with E-state index in [2.05, 4.69) is 10.6 Å². The van der Waals surface area contributed by atoms with Crippen molar-refractivity contribution in [2.75, 3.05) is 56.0 Å². The number of likely N-dealkylation sites (tertiary alicyclic amines) is 2. The maximum atomic E-state index is 12.7. The number of anilines is 2. The highest BCUT2D eigenvalue weighted by Gasteiger charge is 2.30. The molecular weight excluding hydrogens is 406 g/mol. The van der Waals surface area contributed by atoms with Gasteiger partial charge in [0.2, 0.25) is 11.8 Å². The molecule has 4 rings (SSSR count). The molecule has 1 aromatic carbocycles. The molecule has 9 heteroatoms. The van der Waals surface area contributed by atoms with Crippen LogP contribution < -0.4 is 15.5 Å². The van der Waals surface area contributed by atoms with Crippen LogP contribution >= 0.6 is 11.6 Å². The second-order valence-corrected chi connectivity index (χ2v) is 8.57. The molecule has 3 aliphatic heterocycles. The van der Waals surface area contributed by atoms with Gasteiger partial charge in [-0.05, 0) is 43.9 Å².